The van der Waals surface area contributed by atoms with Gasteiger partial charge in [0, 0.05) is 10.3 Å². The molecule has 0 fully saturated rings. The number of nitrogens with zero attached hydrogens (tertiary/aromatic N) is 3. The summed E-state index contributed by atoms with van der Waals surface area (Å²) in [5.41, 5.74) is 3.13. The lowest BCUT2D eigenvalue weighted by atomic mass is 9.97. The predicted octanol–water partition coefficient (Wildman–Crippen LogP) is 4.86. The number of oxazole rings is 1. The number of rotatable bonds is 2. The minimum absolute atomic E-state index is 0.641. The first kappa shape index (κ1) is 13.5. The maximum absolute atomic E-state index is 5.84. The standard InChI is InChI=1S/C17H13N3OS2/c1-4-8-13-10(5-1)14-15(22-13)18-9-19-16(14)23-17-20-11-6-2-3-7-12(11)21-17/h2-3,6-7,9H,1,4-5,8H2. The molecule has 0 amide bonds. The molecule has 4 nitrogen and oxygen atoms in total. The fourth-order valence-electron chi connectivity index (χ4n) is 3.12. The largest absolute Gasteiger partial charge is 0.431 e. The number of para-hydroxylation sites is 2. The normalized spacial score (nSPS) is 14.4. The number of aryl methyl sites for hydroxylation is 2. The van der Waals surface area contributed by atoms with Crippen LogP contribution in [0.1, 0.15) is 23.3 Å². The average molecular weight is 339 g/mol. The number of aromatic nitrogens is 3. The third-order valence-corrected chi connectivity index (χ3v) is 6.23. The predicted molar refractivity (Wildman–Crippen MR) is 92.2 cm³/mol. The zero-order valence-corrected chi connectivity index (χ0v) is 13.9. The Bertz CT molecular complexity index is 988. The first-order valence-electron chi connectivity index (χ1n) is 7.67. The van der Waals surface area contributed by atoms with Gasteiger partial charge in [-0.25, -0.2) is 15.0 Å². The number of thiophene rings is 1. The van der Waals surface area contributed by atoms with Gasteiger partial charge in [-0.3, -0.25) is 0 Å². The Morgan fingerprint density at radius 2 is 2.00 bits per heavy atom. The third kappa shape index (κ3) is 2.24. The highest BCUT2D eigenvalue weighted by Gasteiger charge is 2.21. The molecule has 0 aliphatic heterocycles. The van der Waals surface area contributed by atoms with Gasteiger partial charge in [0.25, 0.3) is 5.22 Å². The van der Waals surface area contributed by atoms with Gasteiger partial charge in [0.1, 0.15) is 21.7 Å². The van der Waals surface area contributed by atoms with Crippen molar-refractivity contribution >= 4 is 44.4 Å². The first-order chi connectivity index (χ1) is 11.4. The number of hydrogen-bond acceptors (Lipinski definition) is 6. The van der Waals surface area contributed by atoms with Crippen LogP contribution in [0.4, 0.5) is 0 Å². The van der Waals surface area contributed by atoms with E-state index in [0.717, 1.165) is 27.4 Å². The second kappa shape index (κ2) is 5.32. The molecule has 0 N–H and O–H groups in total. The van der Waals surface area contributed by atoms with Crippen molar-refractivity contribution in [2.75, 3.05) is 0 Å². The lowest BCUT2D eigenvalue weighted by Gasteiger charge is -2.10. The molecule has 6 heteroatoms. The van der Waals surface area contributed by atoms with E-state index in [2.05, 4.69) is 15.0 Å². The second-order valence-corrected chi connectivity index (χ2v) is 7.64. The summed E-state index contributed by atoms with van der Waals surface area (Å²) in [5, 5.41) is 2.81. The Morgan fingerprint density at radius 1 is 1.09 bits per heavy atom. The van der Waals surface area contributed by atoms with Crippen LogP contribution in [-0.4, -0.2) is 15.0 Å². The minimum atomic E-state index is 0.641. The molecule has 3 heterocycles. The Morgan fingerprint density at radius 3 is 2.96 bits per heavy atom. The molecule has 4 aromatic rings. The minimum Gasteiger partial charge on any atom is -0.431 e. The van der Waals surface area contributed by atoms with Crippen molar-refractivity contribution in [2.45, 2.75) is 35.9 Å². The average Bonchev–Trinajstić information content (AvgIpc) is 3.15. The second-order valence-electron chi connectivity index (χ2n) is 5.62. The van der Waals surface area contributed by atoms with Gasteiger partial charge in [0.15, 0.2) is 5.58 Å². The van der Waals surface area contributed by atoms with Gasteiger partial charge in [0.05, 0.1) is 0 Å². The van der Waals surface area contributed by atoms with Crippen molar-refractivity contribution in [1.29, 1.82) is 0 Å². The Balaban J connectivity index is 1.63. The van der Waals surface area contributed by atoms with E-state index in [9.17, 15) is 0 Å². The van der Waals surface area contributed by atoms with E-state index in [1.54, 1.807) is 6.33 Å². The van der Waals surface area contributed by atoms with Crippen LogP contribution in [0.5, 0.6) is 0 Å². The smallest absolute Gasteiger partial charge is 0.263 e. The topological polar surface area (TPSA) is 51.8 Å². The summed E-state index contributed by atoms with van der Waals surface area (Å²) in [7, 11) is 0. The van der Waals surface area contributed by atoms with Crippen LogP contribution in [0.2, 0.25) is 0 Å². The summed E-state index contributed by atoms with van der Waals surface area (Å²) in [5.74, 6) is 0. The third-order valence-electron chi connectivity index (χ3n) is 4.17. The fraction of sp³-hybridized carbons (Fsp3) is 0.235. The molecular weight excluding hydrogens is 326 g/mol. The van der Waals surface area contributed by atoms with Gasteiger partial charge in [-0.15, -0.1) is 11.3 Å². The van der Waals surface area contributed by atoms with Crippen LogP contribution in [0.25, 0.3) is 21.3 Å². The molecule has 0 saturated carbocycles. The maximum atomic E-state index is 5.84. The van der Waals surface area contributed by atoms with Crippen molar-refractivity contribution in [1.82, 2.24) is 15.0 Å². The Kier molecular flexibility index (Phi) is 3.12. The summed E-state index contributed by atoms with van der Waals surface area (Å²) in [4.78, 5) is 16.1. The fourth-order valence-corrected chi connectivity index (χ4v) is 5.27. The van der Waals surface area contributed by atoms with Crippen LogP contribution in [0.3, 0.4) is 0 Å². The summed E-state index contributed by atoms with van der Waals surface area (Å²) >= 11 is 3.31. The van der Waals surface area contributed by atoms with Crippen molar-refractivity contribution < 1.29 is 4.42 Å². The molecule has 1 aliphatic carbocycles. The van der Waals surface area contributed by atoms with E-state index in [0.29, 0.717) is 5.22 Å². The first-order valence-corrected chi connectivity index (χ1v) is 9.30. The van der Waals surface area contributed by atoms with Crippen molar-refractivity contribution in [2.24, 2.45) is 0 Å². The summed E-state index contributed by atoms with van der Waals surface area (Å²) in [6.07, 6.45) is 6.48. The van der Waals surface area contributed by atoms with Gasteiger partial charge in [-0.05, 0) is 55.1 Å². The van der Waals surface area contributed by atoms with E-state index in [4.69, 9.17) is 4.42 Å². The lowest BCUT2D eigenvalue weighted by Crippen LogP contribution is -1.98. The van der Waals surface area contributed by atoms with Crippen molar-refractivity contribution in [3.05, 3.63) is 41.0 Å². The number of hydrogen-bond donors (Lipinski definition) is 0. The SMILES string of the molecule is c1ccc2oc(Sc3ncnc4sc5c(c34)CCCC5)nc2c1. The molecule has 0 radical (unpaired) electrons. The van der Waals surface area contributed by atoms with E-state index in [1.807, 2.05) is 35.6 Å². The quantitative estimate of drug-likeness (QED) is 0.488. The molecule has 0 bridgehead atoms. The zero-order chi connectivity index (χ0) is 15.2. The molecule has 0 spiro atoms. The van der Waals surface area contributed by atoms with Crippen LogP contribution >= 0.6 is 23.1 Å². The van der Waals surface area contributed by atoms with E-state index in [-0.39, 0.29) is 0 Å². The molecule has 0 saturated heterocycles. The van der Waals surface area contributed by atoms with Crippen LogP contribution < -0.4 is 0 Å². The molecular formula is C17H13N3OS2. The Hall–Kier alpha value is -1.92. The molecule has 114 valence electrons. The van der Waals surface area contributed by atoms with Crippen LogP contribution in [0, 0.1) is 0 Å². The Labute approximate surface area is 141 Å². The van der Waals surface area contributed by atoms with Crippen LogP contribution in [0.15, 0.2) is 45.3 Å². The van der Waals surface area contributed by atoms with Gasteiger partial charge in [-0.2, -0.15) is 0 Å². The highest BCUT2D eigenvalue weighted by molar-refractivity contribution is 7.99. The van der Waals surface area contributed by atoms with Gasteiger partial charge in [-0.1, -0.05) is 12.1 Å². The molecule has 1 aliphatic rings. The molecule has 0 atom stereocenters. The van der Waals surface area contributed by atoms with Gasteiger partial charge in [0.2, 0.25) is 0 Å². The molecule has 23 heavy (non-hydrogen) atoms. The van der Waals surface area contributed by atoms with Gasteiger partial charge >= 0.3 is 0 Å². The highest BCUT2D eigenvalue weighted by atomic mass is 32.2. The monoisotopic (exact) mass is 339 g/mol. The van der Waals surface area contributed by atoms with Crippen molar-refractivity contribution in [3.8, 4) is 0 Å². The van der Waals surface area contributed by atoms with E-state index in [1.165, 1.54) is 46.9 Å². The number of benzene rings is 1. The van der Waals surface area contributed by atoms with E-state index < -0.39 is 0 Å². The molecule has 1 aromatic carbocycles. The molecule has 0 unspecified atom stereocenters. The summed E-state index contributed by atoms with van der Waals surface area (Å²) < 4.78 is 5.84. The van der Waals surface area contributed by atoms with E-state index >= 15 is 0 Å². The molecule has 5 rings (SSSR count). The van der Waals surface area contributed by atoms with Crippen molar-refractivity contribution in [3.63, 3.8) is 0 Å². The number of fused-ring (bicyclic) bond motifs is 4. The zero-order valence-electron chi connectivity index (χ0n) is 12.3. The molecule has 3 aromatic heterocycles. The van der Waals surface area contributed by atoms with Crippen LogP contribution in [-0.2, 0) is 12.8 Å². The highest BCUT2D eigenvalue weighted by Crippen LogP contribution is 2.41. The van der Waals surface area contributed by atoms with Gasteiger partial charge < -0.3 is 4.42 Å². The lowest BCUT2D eigenvalue weighted by molar-refractivity contribution is 0.489. The summed E-state index contributed by atoms with van der Waals surface area (Å²) in [6.45, 7) is 0. The maximum Gasteiger partial charge on any atom is 0.263 e. The summed E-state index contributed by atoms with van der Waals surface area (Å²) in [6, 6.07) is 7.83.